The second-order valence-corrected chi connectivity index (χ2v) is 9.36. The summed E-state index contributed by atoms with van der Waals surface area (Å²) in [5, 5.41) is 8.87. The number of ether oxygens (including phenoxy) is 2. The Morgan fingerprint density at radius 1 is 1.00 bits per heavy atom. The molecule has 0 aliphatic carbocycles. The van der Waals surface area contributed by atoms with Gasteiger partial charge in [0, 0.05) is 0 Å². The predicted molar refractivity (Wildman–Crippen MR) is 150 cm³/mol. The number of carbonyl (C=O) groups is 2. The van der Waals surface area contributed by atoms with Crippen LogP contribution >= 0.6 is 39.1 Å². The summed E-state index contributed by atoms with van der Waals surface area (Å²) in [7, 11) is 1.53. The van der Waals surface area contributed by atoms with E-state index in [2.05, 4.69) is 50.0 Å². The van der Waals surface area contributed by atoms with Gasteiger partial charge in [0.1, 0.15) is 6.61 Å². The molecule has 4 aromatic carbocycles. The molecule has 188 valence electrons. The third-order valence-electron chi connectivity index (χ3n) is 5.29. The van der Waals surface area contributed by atoms with Crippen LogP contribution in [0.2, 0.25) is 10.0 Å². The van der Waals surface area contributed by atoms with Gasteiger partial charge >= 0.3 is 11.8 Å². The minimum absolute atomic E-state index is 0.133. The highest BCUT2D eigenvalue weighted by Gasteiger charge is 2.16. The predicted octanol–water partition coefficient (Wildman–Crippen LogP) is 6.59. The molecule has 37 heavy (non-hydrogen) atoms. The molecule has 4 aromatic rings. The van der Waals surface area contributed by atoms with E-state index < -0.39 is 11.8 Å². The number of anilines is 1. The molecular formula is C27H20BrCl2N3O4. The van der Waals surface area contributed by atoms with Crippen LogP contribution in [0.4, 0.5) is 5.69 Å². The first kappa shape index (κ1) is 26.5. The van der Waals surface area contributed by atoms with Crippen molar-refractivity contribution in [2.45, 2.75) is 6.61 Å². The smallest absolute Gasteiger partial charge is 0.329 e. The van der Waals surface area contributed by atoms with Gasteiger partial charge < -0.3 is 14.8 Å². The van der Waals surface area contributed by atoms with Gasteiger partial charge in [-0.1, -0.05) is 71.7 Å². The van der Waals surface area contributed by atoms with Crippen LogP contribution in [-0.4, -0.2) is 25.1 Å². The highest BCUT2D eigenvalue weighted by atomic mass is 79.9. The van der Waals surface area contributed by atoms with Gasteiger partial charge in [-0.2, -0.15) is 5.10 Å². The van der Waals surface area contributed by atoms with Crippen molar-refractivity contribution in [2.75, 3.05) is 12.4 Å². The average Bonchev–Trinajstić information content (AvgIpc) is 2.90. The number of nitrogens with one attached hydrogen (secondary N) is 2. The molecule has 0 radical (unpaired) electrons. The highest BCUT2D eigenvalue weighted by molar-refractivity contribution is 9.10. The van der Waals surface area contributed by atoms with Crippen molar-refractivity contribution in [1.82, 2.24) is 5.43 Å². The number of fused-ring (bicyclic) bond motifs is 1. The van der Waals surface area contributed by atoms with Gasteiger partial charge in [0.2, 0.25) is 0 Å². The zero-order valence-electron chi connectivity index (χ0n) is 19.4. The van der Waals surface area contributed by atoms with E-state index >= 15 is 0 Å². The lowest BCUT2D eigenvalue weighted by Gasteiger charge is -2.14. The number of halogens is 3. The van der Waals surface area contributed by atoms with Gasteiger partial charge in [0.15, 0.2) is 11.5 Å². The number of hydrogen-bond donors (Lipinski definition) is 2. The van der Waals surface area contributed by atoms with E-state index in [0.717, 1.165) is 16.3 Å². The summed E-state index contributed by atoms with van der Waals surface area (Å²) in [6, 6.07) is 22.3. The Bertz CT molecular complexity index is 1510. The maximum Gasteiger partial charge on any atom is 0.329 e. The fourth-order valence-electron chi connectivity index (χ4n) is 3.52. The van der Waals surface area contributed by atoms with Crippen molar-refractivity contribution in [2.24, 2.45) is 5.10 Å². The molecule has 0 atom stereocenters. The molecule has 0 bridgehead atoms. The van der Waals surface area contributed by atoms with Gasteiger partial charge in [0.25, 0.3) is 0 Å². The van der Waals surface area contributed by atoms with Gasteiger partial charge in [0.05, 0.1) is 33.5 Å². The number of methoxy groups -OCH3 is 1. The van der Waals surface area contributed by atoms with Gasteiger partial charge in [-0.05, 0) is 62.1 Å². The molecule has 0 fully saturated rings. The summed E-state index contributed by atoms with van der Waals surface area (Å²) in [4.78, 5) is 24.3. The number of nitrogens with zero attached hydrogens (tertiary/aromatic N) is 1. The third kappa shape index (κ3) is 6.40. The quantitative estimate of drug-likeness (QED) is 0.142. The summed E-state index contributed by atoms with van der Waals surface area (Å²) in [5.74, 6) is -0.934. The van der Waals surface area contributed by atoms with Crippen molar-refractivity contribution in [1.29, 1.82) is 0 Å². The molecule has 2 N–H and O–H groups in total. The number of hydrazone groups is 1. The van der Waals surface area contributed by atoms with E-state index in [-0.39, 0.29) is 15.7 Å². The molecule has 0 saturated carbocycles. The second-order valence-electron chi connectivity index (χ2n) is 7.72. The first-order chi connectivity index (χ1) is 17.9. The molecule has 2 amide bonds. The van der Waals surface area contributed by atoms with Crippen LogP contribution in [0.5, 0.6) is 11.5 Å². The first-order valence-corrected chi connectivity index (χ1v) is 12.5. The molecule has 7 nitrogen and oxygen atoms in total. The monoisotopic (exact) mass is 599 g/mol. The van der Waals surface area contributed by atoms with Crippen LogP contribution in [0, 0.1) is 0 Å². The van der Waals surface area contributed by atoms with Gasteiger partial charge in [-0.15, -0.1) is 0 Å². The molecule has 4 rings (SSSR count). The SMILES string of the molecule is COc1cc(/C=N/NC(=O)C(=O)Nc2cccc(Cl)c2Cl)cc(Br)c1OCc1cccc2ccccc12. The number of rotatable bonds is 7. The van der Waals surface area contributed by atoms with E-state index in [1.54, 1.807) is 24.3 Å². The fourth-order valence-corrected chi connectivity index (χ4v) is 4.44. The largest absolute Gasteiger partial charge is 0.493 e. The van der Waals surface area contributed by atoms with Crippen LogP contribution in [-0.2, 0) is 16.2 Å². The lowest BCUT2D eigenvalue weighted by atomic mass is 10.1. The van der Waals surface area contributed by atoms with E-state index in [4.69, 9.17) is 32.7 Å². The standard InChI is InChI=1S/C27H20BrCl2N3O4/c1-36-23-13-16(14-31-33-27(35)26(34)32-22-11-5-10-21(29)24(22)30)12-20(28)25(23)37-15-18-8-4-7-17-6-2-3-9-19(17)18/h2-14H,15H2,1H3,(H,32,34)(H,33,35)/b31-14+. The van der Waals surface area contributed by atoms with E-state index in [1.807, 2.05) is 24.3 Å². The molecule has 0 aliphatic rings. The van der Waals surface area contributed by atoms with Crippen LogP contribution in [0.15, 0.2) is 82.4 Å². The fraction of sp³-hybridized carbons (Fsp3) is 0.0741. The minimum Gasteiger partial charge on any atom is -0.493 e. The Balaban J connectivity index is 1.42. The van der Waals surface area contributed by atoms with Crippen molar-refractivity contribution in [3.63, 3.8) is 0 Å². The first-order valence-electron chi connectivity index (χ1n) is 10.9. The molecule has 0 unspecified atom stereocenters. The Morgan fingerprint density at radius 3 is 2.57 bits per heavy atom. The number of hydrogen-bond acceptors (Lipinski definition) is 5. The van der Waals surface area contributed by atoms with Crippen molar-refractivity contribution in [3.8, 4) is 11.5 Å². The topological polar surface area (TPSA) is 89.0 Å². The Labute approximate surface area is 231 Å². The molecule has 0 spiro atoms. The summed E-state index contributed by atoms with van der Waals surface area (Å²) < 4.78 is 12.2. The molecule has 10 heteroatoms. The van der Waals surface area contributed by atoms with Crippen LogP contribution in [0.25, 0.3) is 10.8 Å². The Hall–Kier alpha value is -3.59. The van der Waals surface area contributed by atoms with Crippen molar-refractivity contribution in [3.05, 3.63) is 98.4 Å². The van der Waals surface area contributed by atoms with Crippen LogP contribution in [0.1, 0.15) is 11.1 Å². The molecule has 0 heterocycles. The summed E-state index contributed by atoms with van der Waals surface area (Å²) in [6.45, 7) is 0.339. The molecule has 0 aromatic heterocycles. The van der Waals surface area contributed by atoms with Crippen molar-refractivity contribution < 1.29 is 19.1 Å². The normalized spacial score (nSPS) is 10.9. The van der Waals surface area contributed by atoms with Gasteiger partial charge in [-0.3, -0.25) is 9.59 Å². The van der Waals surface area contributed by atoms with E-state index in [9.17, 15) is 9.59 Å². The zero-order chi connectivity index (χ0) is 26.4. The van der Waals surface area contributed by atoms with Crippen LogP contribution in [0.3, 0.4) is 0 Å². The Kier molecular flexibility index (Phi) is 8.66. The molecule has 0 saturated heterocycles. The lowest BCUT2D eigenvalue weighted by Crippen LogP contribution is -2.32. The summed E-state index contributed by atoms with van der Waals surface area (Å²) >= 11 is 15.5. The third-order valence-corrected chi connectivity index (χ3v) is 6.70. The molecule has 0 aliphatic heterocycles. The zero-order valence-corrected chi connectivity index (χ0v) is 22.5. The lowest BCUT2D eigenvalue weighted by molar-refractivity contribution is -0.136. The molecular weight excluding hydrogens is 581 g/mol. The minimum atomic E-state index is -0.978. The summed E-state index contributed by atoms with van der Waals surface area (Å²) in [6.07, 6.45) is 1.37. The second kappa shape index (κ2) is 12.1. The van der Waals surface area contributed by atoms with E-state index in [0.29, 0.717) is 28.1 Å². The summed E-state index contributed by atoms with van der Waals surface area (Å²) in [5.41, 5.74) is 4.03. The van der Waals surface area contributed by atoms with E-state index in [1.165, 1.54) is 19.4 Å². The highest BCUT2D eigenvalue weighted by Crippen LogP contribution is 2.37. The Morgan fingerprint density at radius 2 is 1.76 bits per heavy atom. The maximum absolute atomic E-state index is 12.1. The number of amides is 2. The van der Waals surface area contributed by atoms with Crippen LogP contribution < -0.4 is 20.2 Å². The average molecular weight is 601 g/mol. The van der Waals surface area contributed by atoms with Gasteiger partial charge in [-0.25, -0.2) is 5.43 Å². The van der Waals surface area contributed by atoms with Crippen molar-refractivity contribution >= 4 is 73.6 Å². The maximum atomic E-state index is 12.1. The number of carbonyl (C=O) groups excluding carboxylic acids is 2. The number of benzene rings is 4.